The average Bonchev–Trinajstić information content (AvgIpc) is 2.94. The van der Waals surface area contributed by atoms with Crippen LogP contribution in [0.4, 0.5) is 5.69 Å². The zero-order chi connectivity index (χ0) is 11.1. The summed E-state index contributed by atoms with van der Waals surface area (Å²) in [7, 11) is 2.15. The van der Waals surface area contributed by atoms with E-state index in [9.17, 15) is 0 Å². The summed E-state index contributed by atoms with van der Waals surface area (Å²) in [6.45, 7) is 1.50. The molecule has 0 radical (unpaired) electrons. The summed E-state index contributed by atoms with van der Waals surface area (Å²) in [5, 5.41) is 0. The van der Waals surface area contributed by atoms with E-state index < -0.39 is 0 Å². The Morgan fingerprint density at radius 3 is 2.69 bits per heavy atom. The Kier molecular flexibility index (Phi) is 2.61. The van der Waals surface area contributed by atoms with Crippen LogP contribution in [0.1, 0.15) is 12.8 Å². The van der Waals surface area contributed by atoms with Crippen LogP contribution in [0, 0.1) is 9.49 Å². The van der Waals surface area contributed by atoms with Gasteiger partial charge in [-0.1, -0.05) is 0 Å². The molecule has 1 heterocycles. The Labute approximate surface area is 109 Å². The molecule has 1 aliphatic heterocycles. The van der Waals surface area contributed by atoms with Gasteiger partial charge in [0.25, 0.3) is 0 Å². The first-order chi connectivity index (χ1) is 7.74. The predicted octanol–water partition coefficient (Wildman–Crippen LogP) is 2.87. The average molecular weight is 331 g/mol. The van der Waals surface area contributed by atoms with Gasteiger partial charge in [0.15, 0.2) is 11.5 Å². The third kappa shape index (κ3) is 1.95. The Bertz CT molecular complexity index is 418. The van der Waals surface area contributed by atoms with Crippen LogP contribution in [0.25, 0.3) is 0 Å². The van der Waals surface area contributed by atoms with Crippen molar-refractivity contribution in [2.75, 3.05) is 25.3 Å². The molecule has 4 heteroatoms. The molecule has 1 fully saturated rings. The van der Waals surface area contributed by atoms with E-state index in [1.54, 1.807) is 0 Å². The molecule has 16 heavy (non-hydrogen) atoms. The summed E-state index contributed by atoms with van der Waals surface area (Å²) in [5.74, 6) is 2.64. The number of fused-ring (bicyclic) bond motifs is 1. The van der Waals surface area contributed by atoms with Gasteiger partial charge in [-0.2, -0.15) is 0 Å². The van der Waals surface area contributed by atoms with Crippen LogP contribution >= 0.6 is 22.6 Å². The van der Waals surface area contributed by atoms with Crippen LogP contribution in [0.3, 0.4) is 0 Å². The van der Waals surface area contributed by atoms with Gasteiger partial charge in [0.05, 0.1) is 5.69 Å². The lowest BCUT2D eigenvalue weighted by Gasteiger charge is -2.20. The minimum absolute atomic E-state index is 0.348. The van der Waals surface area contributed by atoms with Crippen molar-refractivity contribution in [1.82, 2.24) is 0 Å². The van der Waals surface area contributed by atoms with Crippen LogP contribution in [0.15, 0.2) is 12.1 Å². The van der Waals surface area contributed by atoms with E-state index in [1.165, 1.54) is 22.1 Å². The number of anilines is 1. The zero-order valence-electron chi connectivity index (χ0n) is 9.20. The van der Waals surface area contributed by atoms with E-state index in [-0.39, 0.29) is 0 Å². The van der Waals surface area contributed by atoms with E-state index >= 15 is 0 Å². The lowest BCUT2D eigenvalue weighted by Crippen LogP contribution is -2.20. The number of ether oxygens (including phenoxy) is 2. The van der Waals surface area contributed by atoms with Gasteiger partial charge in [-0.05, 0) is 47.4 Å². The second kappa shape index (κ2) is 3.98. The fourth-order valence-electron chi connectivity index (χ4n) is 1.99. The molecule has 3 nitrogen and oxygen atoms in total. The first-order valence-electron chi connectivity index (χ1n) is 5.54. The number of hydrogen-bond donors (Lipinski definition) is 0. The molecule has 0 N–H and O–H groups in total. The van der Waals surface area contributed by atoms with Gasteiger partial charge in [-0.25, -0.2) is 0 Å². The monoisotopic (exact) mass is 331 g/mol. The molecule has 1 aromatic rings. The van der Waals surface area contributed by atoms with Crippen molar-refractivity contribution in [3.63, 3.8) is 0 Å². The second-order valence-corrected chi connectivity index (χ2v) is 5.64. The molecule has 1 aromatic carbocycles. The smallest absolute Gasteiger partial charge is 0.231 e. The van der Waals surface area contributed by atoms with E-state index in [0.29, 0.717) is 6.79 Å². The summed E-state index contributed by atoms with van der Waals surface area (Å²) in [6, 6.07) is 4.15. The highest BCUT2D eigenvalue weighted by Crippen LogP contribution is 2.40. The first-order valence-corrected chi connectivity index (χ1v) is 6.62. The summed E-state index contributed by atoms with van der Waals surface area (Å²) in [6.07, 6.45) is 2.76. The molecule has 1 saturated carbocycles. The number of hydrogen-bond acceptors (Lipinski definition) is 3. The largest absolute Gasteiger partial charge is 0.454 e. The van der Waals surface area contributed by atoms with E-state index in [4.69, 9.17) is 9.47 Å². The molecule has 86 valence electrons. The van der Waals surface area contributed by atoms with Crippen molar-refractivity contribution < 1.29 is 9.47 Å². The van der Waals surface area contributed by atoms with Gasteiger partial charge < -0.3 is 14.4 Å². The van der Waals surface area contributed by atoms with Crippen molar-refractivity contribution in [3.05, 3.63) is 15.7 Å². The molecule has 0 spiro atoms. The first kappa shape index (κ1) is 10.5. The Balaban J connectivity index is 1.87. The van der Waals surface area contributed by atoms with Crippen molar-refractivity contribution in [2.45, 2.75) is 12.8 Å². The zero-order valence-corrected chi connectivity index (χ0v) is 11.4. The Morgan fingerprint density at radius 2 is 2.00 bits per heavy atom. The van der Waals surface area contributed by atoms with Gasteiger partial charge in [-0.15, -0.1) is 0 Å². The number of halogens is 1. The third-order valence-corrected chi connectivity index (χ3v) is 3.95. The highest BCUT2D eigenvalue weighted by atomic mass is 127. The maximum atomic E-state index is 5.41. The Morgan fingerprint density at radius 1 is 1.31 bits per heavy atom. The van der Waals surface area contributed by atoms with E-state index in [1.807, 2.05) is 0 Å². The van der Waals surface area contributed by atoms with E-state index in [0.717, 1.165) is 24.0 Å². The van der Waals surface area contributed by atoms with Crippen molar-refractivity contribution in [2.24, 2.45) is 5.92 Å². The van der Waals surface area contributed by atoms with Crippen LogP contribution < -0.4 is 14.4 Å². The molecule has 0 amide bonds. The highest BCUT2D eigenvalue weighted by Gasteiger charge is 2.25. The van der Waals surface area contributed by atoms with Gasteiger partial charge in [0.2, 0.25) is 6.79 Å². The standard InChI is InChI=1S/C12H14INO2/c1-14(6-8-2-3-8)10-5-12-11(4-9(10)13)15-7-16-12/h4-5,8H,2-3,6-7H2,1H3. The quantitative estimate of drug-likeness (QED) is 0.795. The third-order valence-electron chi connectivity index (χ3n) is 3.08. The van der Waals surface area contributed by atoms with Gasteiger partial charge in [0.1, 0.15) is 0 Å². The molecule has 0 bridgehead atoms. The molecular formula is C12H14INO2. The molecule has 2 aliphatic rings. The van der Waals surface area contributed by atoms with Crippen LogP contribution in [-0.4, -0.2) is 20.4 Å². The number of rotatable bonds is 3. The minimum Gasteiger partial charge on any atom is -0.454 e. The lowest BCUT2D eigenvalue weighted by atomic mass is 10.2. The van der Waals surface area contributed by atoms with Crippen LogP contribution in [-0.2, 0) is 0 Å². The topological polar surface area (TPSA) is 21.7 Å². The molecule has 0 atom stereocenters. The normalized spacial score (nSPS) is 17.6. The summed E-state index contributed by atoms with van der Waals surface area (Å²) in [4.78, 5) is 2.32. The summed E-state index contributed by atoms with van der Waals surface area (Å²) in [5.41, 5.74) is 1.25. The highest BCUT2D eigenvalue weighted by molar-refractivity contribution is 14.1. The lowest BCUT2D eigenvalue weighted by molar-refractivity contribution is 0.174. The fraction of sp³-hybridized carbons (Fsp3) is 0.500. The second-order valence-electron chi connectivity index (χ2n) is 4.48. The molecule has 3 rings (SSSR count). The summed E-state index contributed by atoms with van der Waals surface area (Å²) < 4.78 is 12.0. The number of nitrogens with zero attached hydrogens (tertiary/aromatic N) is 1. The SMILES string of the molecule is CN(CC1CC1)c1cc2c(cc1I)OCO2. The molecule has 1 aliphatic carbocycles. The minimum atomic E-state index is 0.348. The van der Waals surface area contributed by atoms with Gasteiger partial charge in [0, 0.05) is 23.2 Å². The van der Waals surface area contributed by atoms with Crippen LogP contribution in [0.2, 0.25) is 0 Å². The van der Waals surface area contributed by atoms with Gasteiger partial charge in [-0.3, -0.25) is 0 Å². The number of benzene rings is 1. The Hall–Kier alpha value is -0.650. The van der Waals surface area contributed by atoms with Gasteiger partial charge >= 0.3 is 0 Å². The predicted molar refractivity (Wildman–Crippen MR) is 71.3 cm³/mol. The maximum Gasteiger partial charge on any atom is 0.231 e. The van der Waals surface area contributed by atoms with Crippen molar-refractivity contribution >= 4 is 28.3 Å². The molecule has 0 aromatic heterocycles. The summed E-state index contributed by atoms with van der Waals surface area (Å²) >= 11 is 2.36. The molecule has 0 saturated heterocycles. The fourth-order valence-corrected chi connectivity index (χ4v) is 2.84. The van der Waals surface area contributed by atoms with E-state index in [2.05, 4.69) is 46.7 Å². The maximum absolute atomic E-state index is 5.41. The van der Waals surface area contributed by atoms with Crippen molar-refractivity contribution in [3.8, 4) is 11.5 Å². The molecule has 0 unspecified atom stereocenters. The molecular weight excluding hydrogens is 317 g/mol. The van der Waals surface area contributed by atoms with Crippen LogP contribution in [0.5, 0.6) is 11.5 Å². The van der Waals surface area contributed by atoms with Crippen molar-refractivity contribution in [1.29, 1.82) is 0 Å².